The molecule has 1 aliphatic heterocycles. The summed E-state index contributed by atoms with van der Waals surface area (Å²) in [6.45, 7) is 3.95. The van der Waals surface area contributed by atoms with Crippen LogP contribution in [0.4, 0.5) is 13.2 Å². The molecule has 1 amide bonds. The maximum Gasteiger partial charge on any atom is 0.471 e. The average molecular weight is 349 g/mol. The van der Waals surface area contributed by atoms with Gasteiger partial charge in [0.2, 0.25) is 0 Å². The molecule has 1 fully saturated rings. The second kappa shape index (κ2) is 11.0. The third-order valence-electron chi connectivity index (χ3n) is 5.15. The number of unbranched alkanes of at least 4 members (excludes halogenated alkanes) is 8. The number of nitrogens with zero attached hydrogens (tertiary/aromatic N) is 1. The van der Waals surface area contributed by atoms with E-state index in [9.17, 15) is 18.0 Å². The lowest BCUT2D eigenvalue weighted by Gasteiger charge is -2.41. The summed E-state index contributed by atoms with van der Waals surface area (Å²) in [5.74, 6) is -1.64. The molecule has 1 rings (SSSR count). The van der Waals surface area contributed by atoms with Crippen molar-refractivity contribution in [3.05, 3.63) is 0 Å². The molecule has 2 nitrogen and oxygen atoms in total. The molecular formula is C19H34F3NO. The van der Waals surface area contributed by atoms with Crippen LogP contribution < -0.4 is 0 Å². The Morgan fingerprint density at radius 3 is 2.04 bits per heavy atom. The van der Waals surface area contributed by atoms with Crippen LogP contribution in [0.2, 0.25) is 0 Å². The summed E-state index contributed by atoms with van der Waals surface area (Å²) in [6.07, 6.45) is 9.06. The van der Waals surface area contributed by atoms with Crippen molar-refractivity contribution in [1.29, 1.82) is 0 Å². The molecule has 0 aromatic rings. The lowest BCUT2D eigenvalue weighted by Crippen LogP contribution is -2.53. The minimum Gasteiger partial charge on any atom is -0.329 e. The Hall–Kier alpha value is -0.740. The second-order valence-electron chi connectivity index (χ2n) is 7.26. The van der Waals surface area contributed by atoms with Gasteiger partial charge in [0.1, 0.15) is 0 Å². The van der Waals surface area contributed by atoms with Gasteiger partial charge in [-0.3, -0.25) is 4.79 Å². The molecule has 0 N–H and O–H groups in total. The van der Waals surface area contributed by atoms with Gasteiger partial charge in [-0.2, -0.15) is 13.2 Å². The summed E-state index contributed by atoms with van der Waals surface area (Å²) < 4.78 is 38.4. The van der Waals surface area contributed by atoms with Gasteiger partial charge in [0, 0.05) is 12.1 Å². The van der Waals surface area contributed by atoms with Crippen molar-refractivity contribution in [3.8, 4) is 0 Å². The Labute approximate surface area is 145 Å². The Morgan fingerprint density at radius 2 is 1.50 bits per heavy atom. The van der Waals surface area contributed by atoms with E-state index in [1.807, 2.05) is 0 Å². The Balaban J connectivity index is 2.27. The molecule has 24 heavy (non-hydrogen) atoms. The smallest absolute Gasteiger partial charge is 0.329 e. The summed E-state index contributed by atoms with van der Waals surface area (Å²) >= 11 is 0. The number of carbonyl (C=O) groups is 1. The Kier molecular flexibility index (Phi) is 9.75. The van der Waals surface area contributed by atoms with Crippen molar-refractivity contribution < 1.29 is 18.0 Å². The molecule has 0 radical (unpaired) electrons. The molecular weight excluding hydrogens is 315 g/mol. The molecule has 5 heteroatoms. The highest BCUT2D eigenvalue weighted by molar-refractivity contribution is 5.82. The largest absolute Gasteiger partial charge is 0.471 e. The first kappa shape index (κ1) is 21.3. The third-order valence-corrected chi connectivity index (χ3v) is 5.15. The van der Waals surface area contributed by atoms with E-state index in [2.05, 4.69) is 6.92 Å². The molecule has 0 saturated carbocycles. The highest BCUT2D eigenvalue weighted by Gasteiger charge is 2.46. The molecule has 0 aromatic carbocycles. The number of amides is 1. The molecule has 0 aromatic heterocycles. The quantitative estimate of drug-likeness (QED) is 0.428. The van der Waals surface area contributed by atoms with Gasteiger partial charge in [0.15, 0.2) is 0 Å². The molecule has 0 spiro atoms. The van der Waals surface area contributed by atoms with E-state index in [0.717, 1.165) is 30.6 Å². The molecule has 142 valence electrons. The summed E-state index contributed by atoms with van der Waals surface area (Å²) in [5.41, 5.74) is 0. The lowest BCUT2D eigenvalue weighted by molar-refractivity contribution is -0.192. The zero-order chi connectivity index (χ0) is 18.0. The van der Waals surface area contributed by atoms with Gasteiger partial charge in [-0.25, -0.2) is 0 Å². The van der Waals surface area contributed by atoms with E-state index in [1.54, 1.807) is 6.92 Å². The van der Waals surface area contributed by atoms with Crippen LogP contribution in [-0.2, 0) is 4.79 Å². The van der Waals surface area contributed by atoms with Gasteiger partial charge in [-0.15, -0.1) is 0 Å². The first-order valence-electron chi connectivity index (χ1n) is 9.77. The summed E-state index contributed by atoms with van der Waals surface area (Å²) in [7, 11) is 0. The van der Waals surface area contributed by atoms with Crippen LogP contribution in [0, 0.1) is 0 Å². The molecule has 0 aliphatic carbocycles. The fourth-order valence-corrected chi connectivity index (χ4v) is 3.77. The number of halogens is 3. The fraction of sp³-hybridized carbons (Fsp3) is 0.947. The fourth-order valence-electron chi connectivity index (χ4n) is 3.77. The van der Waals surface area contributed by atoms with Crippen LogP contribution >= 0.6 is 0 Å². The number of hydrogen-bond donors (Lipinski definition) is 0. The number of piperidine rings is 1. The Bertz CT molecular complexity index is 357. The number of rotatable bonds is 10. The van der Waals surface area contributed by atoms with E-state index in [-0.39, 0.29) is 12.1 Å². The lowest BCUT2D eigenvalue weighted by atomic mass is 9.92. The second-order valence-corrected chi connectivity index (χ2v) is 7.26. The van der Waals surface area contributed by atoms with Gasteiger partial charge in [0.05, 0.1) is 0 Å². The predicted octanol–water partition coefficient (Wildman–Crippen LogP) is 6.24. The van der Waals surface area contributed by atoms with Crippen molar-refractivity contribution in [2.24, 2.45) is 0 Å². The average Bonchev–Trinajstić information content (AvgIpc) is 2.52. The molecule has 1 heterocycles. The SMILES string of the molecule is CCCCCCCCCCC[C@@H]1CCC[C@@H](C)N1C(=O)C(F)(F)F. The van der Waals surface area contributed by atoms with Crippen LogP contribution in [0.3, 0.4) is 0 Å². The van der Waals surface area contributed by atoms with Crippen LogP contribution in [0.5, 0.6) is 0 Å². The van der Waals surface area contributed by atoms with E-state index in [4.69, 9.17) is 0 Å². The normalized spacial score (nSPS) is 22.0. The van der Waals surface area contributed by atoms with Gasteiger partial charge >= 0.3 is 12.1 Å². The molecule has 1 aliphatic rings. The van der Waals surface area contributed by atoms with Crippen molar-refractivity contribution in [2.45, 2.75) is 116 Å². The number of hydrogen-bond acceptors (Lipinski definition) is 1. The molecule has 0 unspecified atom stereocenters. The van der Waals surface area contributed by atoms with Gasteiger partial charge in [-0.05, 0) is 32.6 Å². The maximum atomic E-state index is 12.8. The van der Waals surface area contributed by atoms with E-state index < -0.39 is 12.1 Å². The molecule has 2 atom stereocenters. The standard InChI is InChI=1S/C19H34F3NO/c1-3-4-5-6-7-8-9-10-11-14-17-15-12-13-16(2)23(17)18(24)19(20,21)22/h16-17H,3-15H2,1-2H3/t16-,17-/m1/s1. The first-order valence-corrected chi connectivity index (χ1v) is 9.77. The summed E-state index contributed by atoms with van der Waals surface area (Å²) in [4.78, 5) is 12.8. The summed E-state index contributed by atoms with van der Waals surface area (Å²) in [5, 5.41) is 0. The van der Waals surface area contributed by atoms with Crippen molar-refractivity contribution in [3.63, 3.8) is 0 Å². The minimum atomic E-state index is -4.75. The zero-order valence-corrected chi connectivity index (χ0v) is 15.3. The van der Waals surface area contributed by atoms with Crippen LogP contribution in [0.15, 0.2) is 0 Å². The third kappa shape index (κ3) is 7.43. The topological polar surface area (TPSA) is 20.3 Å². The van der Waals surface area contributed by atoms with Crippen LogP contribution in [0.25, 0.3) is 0 Å². The zero-order valence-electron chi connectivity index (χ0n) is 15.3. The predicted molar refractivity (Wildman–Crippen MR) is 91.8 cm³/mol. The monoisotopic (exact) mass is 349 g/mol. The number of likely N-dealkylation sites (tertiary alicyclic amines) is 1. The number of carbonyl (C=O) groups excluding carboxylic acids is 1. The van der Waals surface area contributed by atoms with Crippen molar-refractivity contribution in [1.82, 2.24) is 4.90 Å². The van der Waals surface area contributed by atoms with Gasteiger partial charge in [-0.1, -0.05) is 64.7 Å². The van der Waals surface area contributed by atoms with Crippen LogP contribution in [0.1, 0.15) is 97.3 Å². The van der Waals surface area contributed by atoms with E-state index in [0.29, 0.717) is 19.3 Å². The van der Waals surface area contributed by atoms with E-state index in [1.165, 1.54) is 38.5 Å². The maximum absolute atomic E-state index is 12.8. The highest BCUT2D eigenvalue weighted by Crippen LogP contribution is 2.31. The van der Waals surface area contributed by atoms with E-state index >= 15 is 0 Å². The highest BCUT2D eigenvalue weighted by atomic mass is 19.4. The van der Waals surface area contributed by atoms with Crippen molar-refractivity contribution >= 4 is 5.91 Å². The van der Waals surface area contributed by atoms with Gasteiger partial charge in [0.25, 0.3) is 0 Å². The first-order chi connectivity index (χ1) is 11.4. The van der Waals surface area contributed by atoms with Crippen LogP contribution in [-0.4, -0.2) is 29.1 Å². The van der Waals surface area contributed by atoms with Gasteiger partial charge < -0.3 is 4.90 Å². The minimum absolute atomic E-state index is 0.229. The summed E-state index contributed by atoms with van der Waals surface area (Å²) in [6, 6.07) is -0.524. The Morgan fingerprint density at radius 1 is 0.958 bits per heavy atom. The molecule has 1 saturated heterocycles. The van der Waals surface area contributed by atoms with Crippen molar-refractivity contribution in [2.75, 3.05) is 0 Å². The number of alkyl halides is 3. The molecule has 0 bridgehead atoms.